The van der Waals surface area contributed by atoms with Crippen molar-refractivity contribution in [3.8, 4) is 0 Å². The number of hydrogen-bond acceptors (Lipinski definition) is 2. The molecule has 0 radical (unpaired) electrons. The third kappa shape index (κ3) is 3.23. The van der Waals surface area contributed by atoms with Crippen molar-refractivity contribution < 1.29 is 0 Å². The van der Waals surface area contributed by atoms with Gasteiger partial charge in [0.1, 0.15) is 0 Å². The molecule has 100 valence electrons. The number of nitrogens with zero attached hydrogens (tertiary/aromatic N) is 1. The summed E-state index contributed by atoms with van der Waals surface area (Å²) in [4.78, 5) is 2.61. The highest BCUT2D eigenvalue weighted by molar-refractivity contribution is 4.99. The molecule has 2 heteroatoms. The Balaban J connectivity index is 1.68. The van der Waals surface area contributed by atoms with Crippen LogP contribution in [0.1, 0.15) is 64.7 Å². The second-order valence-electron chi connectivity index (χ2n) is 6.59. The van der Waals surface area contributed by atoms with Crippen LogP contribution in [0.25, 0.3) is 0 Å². The molecule has 0 atom stereocenters. The number of nitrogens with two attached hydrogens (primary N) is 1. The quantitative estimate of drug-likeness (QED) is 0.746. The lowest BCUT2D eigenvalue weighted by Gasteiger charge is -2.51. The van der Waals surface area contributed by atoms with Gasteiger partial charge in [-0.15, -0.1) is 0 Å². The molecule has 0 aliphatic heterocycles. The molecule has 2 nitrogen and oxygen atoms in total. The molecule has 0 aromatic carbocycles. The van der Waals surface area contributed by atoms with Crippen LogP contribution in [-0.4, -0.2) is 30.6 Å². The fourth-order valence-electron chi connectivity index (χ4n) is 3.91. The van der Waals surface area contributed by atoms with Crippen LogP contribution in [0.5, 0.6) is 0 Å². The van der Waals surface area contributed by atoms with Gasteiger partial charge < -0.3 is 10.6 Å². The minimum absolute atomic E-state index is 0.522. The predicted molar refractivity (Wildman–Crippen MR) is 74.1 cm³/mol. The topological polar surface area (TPSA) is 29.3 Å². The van der Waals surface area contributed by atoms with Crippen LogP contribution in [0.4, 0.5) is 0 Å². The van der Waals surface area contributed by atoms with Crippen LogP contribution >= 0.6 is 0 Å². The first-order chi connectivity index (χ1) is 8.15. The highest BCUT2D eigenvalue weighted by Gasteiger charge is 2.44. The van der Waals surface area contributed by atoms with Gasteiger partial charge in [-0.25, -0.2) is 0 Å². The van der Waals surface area contributed by atoms with Gasteiger partial charge in [-0.05, 0) is 64.0 Å². The molecule has 0 saturated heterocycles. The Morgan fingerprint density at radius 1 is 1.18 bits per heavy atom. The summed E-state index contributed by atoms with van der Waals surface area (Å²) in [5.74, 6) is 0. The Bertz CT molecular complexity index is 223. The van der Waals surface area contributed by atoms with Gasteiger partial charge in [-0.2, -0.15) is 0 Å². The van der Waals surface area contributed by atoms with Crippen molar-refractivity contribution in [1.82, 2.24) is 4.90 Å². The molecule has 0 bridgehead atoms. The minimum Gasteiger partial charge on any atom is -0.328 e. The summed E-state index contributed by atoms with van der Waals surface area (Å²) < 4.78 is 0. The Morgan fingerprint density at radius 2 is 1.82 bits per heavy atom. The number of unbranched alkanes of at least 4 members (excludes halogenated alkanes) is 2. The summed E-state index contributed by atoms with van der Waals surface area (Å²) >= 11 is 0. The molecular formula is C15H30N2. The fraction of sp³-hybridized carbons (Fsp3) is 1.00. The smallest absolute Gasteiger partial charge is 0.00926 e. The Morgan fingerprint density at radius 3 is 2.35 bits per heavy atom. The van der Waals surface area contributed by atoms with Gasteiger partial charge in [0.05, 0.1) is 0 Å². The van der Waals surface area contributed by atoms with Crippen LogP contribution in [0, 0.1) is 5.41 Å². The predicted octanol–water partition coefficient (Wildman–Crippen LogP) is 3.16. The van der Waals surface area contributed by atoms with Crippen LogP contribution < -0.4 is 5.73 Å². The van der Waals surface area contributed by atoms with E-state index in [1.165, 1.54) is 64.3 Å². The van der Waals surface area contributed by atoms with Gasteiger partial charge in [-0.1, -0.05) is 19.8 Å². The zero-order valence-corrected chi connectivity index (χ0v) is 11.8. The van der Waals surface area contributed by atoms with E-state index in [0.717, 1.165) is 6.04 Å². The highest BCUT2D eigenvalue weighted by Crippen LogP contribution is 2.51. The van der Waals surface area contributed by atoms with E-state index < -0.39 is 0 Å². The van der Waals surface area contributed by atoms with E-state index in [1.54, 1.807) is 0 Å². The summed E-state index contributed by atoms with van der Waals surface area (Å²) in [6.07, 6.45) is 12.4. The average Bonchev–Trinajstić information content (AvgIpc) is 2.28. The molecule has 17 heavy (non-hydrogen) atoms. The summed E-state index contributed by atoms with van der Waals surface area (Å²) in [6, 6.07) is 1.38. The lowest BCUT2D eigenvalue weighted by molar-refractivity contribution is 0.0222. The Hall–Kier alpha value is -0.0800. The third-order valence-corrected chi connectivity index (χ3v) is 5.14. The minimum atomic E-state index is 0.522. The molecule has 2 aliphatic rings. The largest absolute Gasteiger partial charge is 0.328 e. The van der Waals surface area contributed by atoms with Crippen molar-refractivity contribution in [3.05, 3.63) is 0 Å². The first-order valence-corrected chi connectivity index (χ1v) is 7.61. The van der Waals surface area contributed by atoms with Crippen molar-refractivity contribution in [1.29, 1.82) is 0 Å². The summed E-state index contributed by atoms with van der Waals surface area (Å²) in [5.41, 5.74) is 6.63. The average molecular weight is 238 g/mol. The van der Waals surface area contributed by atoms with Gasteiger partial charge >= 0.3 is 0 Å². The third-order valence-electron chi connectivity index (χ3n) is 5.14. The SMILES string of the molecule is CCCCCN(C)C1CCC2(CC1)CC(N)C2. The lowest BCUT2D eigenvalue weighted by Crippen LogP contribution is -2.50. The zero-order chi connectivity index (χ0) is 12.3. The zero-order valence-electron chi connectivity index (χ0n) is 11.8. The molecule has 2 fully saturated rings. The molecule has 0 aromatic heterocycles. The number of hydrogen-bond donors (Lipinski definition) is 1. The molecule has 2 saturated carbocycles. The molecular weight excluding hydrogens is 208 g/mol. The lowest BCUT2D eigenvalue weighted by atomic mass is 9.58. The van der Waals surface area contributed by atoms with Crippen LogP contribution in [-0.2, 0) is 0 Å². The monoisotopic (exact) mass is 238 g/mol. The van der Waals surface area contributed by atoms with Crippen molar-refractivity contribution in [2.24, 2.45) is 11.1 Å². The standard InChI is InChI=1S/C15H30N2/c1-3-4-5-10-17(2)14-6-8-15(9-7-14)11-13(16)12-15/h13-14H,3-12,16H2,1-2H3. The van der Waals surface area contributed by atoms with E-state index in [4.69, 9.17) is 5.73 Å². The molecule has 0 heterocycles. The second-order valence-corrected chi connectivity index (χ2v) is 6.59. The van der Waals surface area contributed by atoms with Gasteiger partial charge in [-0.3, -0.25) is 0 Å². The van der Waals surface area contributed by atoms with E-state index in [9.17, 15) is 0 Å². The van der Waals surface area contributed by atoms with E-state index in [2.05, 4.69) is 18.9 Å². The normalized spacial score (nSPS) is 37.4. The van der Waals surface area contributed by atoms with Gasteiger partial charge in [0.2, 0.25) is 0 Å². The van der Waals surface area contributed by atoms with E-state index >= 15 is 0 Å². The summed E-state index contributed by atoms with van der Waals surface area (Å²) in [7, 11) is 2.32. The summed E-state index contributed by atoms with van der Waals surface area (Å²) in [5, 5.41) is 0. The molecule has 0 aromatic rings. The van der Waals surface area contributed by atoms with Crippen LogP contribution in [0.15, 0.2) is 0 Å². The second kappa shape index (κ2) is 5.71. The van der Waals surface area contributed by atoms with Crippen molar-refractivity contribution in [3.63, 3.8) is 0 Å². The van der Waals surface area contributed by atoms with Crippen molar-refractivity contribution >= 4 is 0 Å². The summed E-state index contributed by atoms with van der Waals surface area (Å²) in [6.45, 7) is 3.58. The van der Waals surface area contributed by atoms with E-state index in [-0.39, 0.29) is 0 Å². The Kier molecular flexibility index (Phi) is 4.48. The molecule has 1 spiro atoms. The van der Waals surface area contributed by atoms with Gasteiger partial charge in [0, 0.05) is 12.1 Å². The van der Waals surface area contributed by atoms with Crippen LogP contribution in [0.3, 0.4) is 0 Å². The van der Waals surface area contributed by atoms with Crippen molar-refractivity contribution in [2.75, 3.05) is 13.6 Å². The number of rotatable bonds is 5. The van der Waals surface area contributed by atoms with E-state index in [0.29, 0.717) is 11.5 Å². The first kappa shape index (κ1) is 13.4. The van der Waals surface area contributed by atoms with E-state index in [1.807, 2.05) is 0 Å². The maximum absolute atomic E-state index is 5.95. The first-order valence-electron chi connectivity index (χ1n) is 7.61. The highest BCUT2D eigenvalue weighted by atomic mass is 15.1. The van der Waals surface area contributed by atoms with Crippen LogP contribution in [0.2, 0.25) is 0 Å². The fourth-order valence-corrected chi connectivity index (χ4v) is 3.91. The Labute approximate surface area is 107 Å². The molecule has 2 N–H and O–H groups in total. The molecule has 2 aliphatic carbocycles. The maximum atomic E-state index is 5.95. The molecule has 2 rings (SSSR count). The maximum Gasteiger partial charge on any atom is 0.00926 e. The molecule has 0 unspecified atom stereocenters. The van der Waals surface area contributed by atoms with Gasteiger partial charge in [0.15, 0.2) is 0 Å². The molecule has 0 amide bonds. The van der Waals surface area contributed by atoms with Gasteiger partial charge in [0.25, 0.3) is 0 Å². The van der Waals surface area contributed by atoms with Crippen molar-refractivity contribution in [2.45, 2.75) is 76.8 Å².